The van der Waals surface area contributed by atoms with E-state index >= 15 is 0 Å². The quantitative estimate of drug-likeness (QED) is 0.767. The Labute approximate surface area is 157 Å². The van der Waals surface area contributed by atoms with Crippen molar-refractivity contribution < 1.29 is 23.9 Å². The minimum atomic E-state index is -0.427. The highest BCUT2D eigenvalue weighted by molar-refractivity contribution is 7.17. The first-order chi connectivity index (χ1) is 12.3. The van der Waals surface area contributed by atoms with Gasteiger partial charge in [0, 0.05) is 4.88 Å². The molecule has 7 heteroatoms. The lowest BCUT2D eigenvalue weighted by Gasteiger charge is -2.18. The van der Waals surface area contributed by atoms with E-state index in [1.807, 2.05) is 0 Å². The highest BCUT2D eigenvalue weighted by Gasteiger charge is 2.32. The van der Waals surface area contributed by atoms with E-state index in [0.717, 1.165) is 42.5 Å². The minimum Gasteiger partial charge on any atom is -0.459 e. The van der Waals surface area contributed by atoms with Gasteiger partial charge in [0.05, 0.1) is 17.6 Å². The molecule has 1 aromatic heterocycles. The molecule has 1 atom stereocenters. The summed E-state index contributed by atoms with van der Waals surface area (Å²) < 4.78 is 10.4. The summed E-state index contributed by atoms with van der Waals surface area (Å²) in [6, 6.07) is 0. The van der Waals surface area contributed by atoms with Crippen LogP contribution in [0.2, 0.25) is 0 Å². The molecule has 1 heterocycles. The lowest BCUT2D eigenvalue weighted by Crippen LogP contribution is -2.23. The number of ether oxygens (including phenoxy) is 2. The Morgan fingerprint density at radius 3 is 2.62 bits per heavy atom. The molecular weight excluding hydrogens is 354 g/mol. The molecule has 1 fully saturated rings. The van der Waals surface area contributed by atoms with Gasteiger partial charge in [-0.15, -0.1) is 11.3 Å². The van der Waals surface area contributed by atoms with Gasteiger partial charge >= 0.3 is 11.9 Å². The minimum absolute atomic E-state index is 0.0464. The summed E-state index contributed by atoms with van der Waals surface area (Å²) in [6.07, 6.45) is 4.15. The van der Waals surface area contributed by atoms with Crippen molar-refractivity contribution in [1.29, 1.82) is 0 Å². The molecule has 1 N–H and O–H groups in total. The second-order valence-corrected chi connectivity index (χ2v) is 8.55. The Morgan fingerprint density at radius 1 is 1.23 bits per heavy atom. The number of fused-ring (bicyclic) bond motifs is 1. The molecule has 0 bridgehead atoms. The number of esters is 2. The maximum absolute atomic E-state index is 12.6. The molecule has 1 saturated carbocycles. The van der Waals surface area contributed by atoms with Gasteiger partial charge in [-0.25, -0.2) is 4.79 Å². The molecule has 0 aliphatic heterocycles. The van der Waals surface area contributed by atoms with Crippen molar-refractivity contribution in [3.05, 3.63) is 16.0 Å². The third-order valence-corrected chi connectivity index (χ3v) is 5.74. The predicted molar refractivity (Wildman–Crippen MR) is 98.4 cm³/mol. The van der Waals surface area contributed by atoms with Gasteiger partial charge in [0.25, 0.3) is 5.91 Å². The fraction of sp³-hybridized carbons (Fsp3) is 0.632. The molecule has 2 aliphatic rings. The van der Waals surface area contributed by atoms with Crippen molar-refractivity contribution in [2.45, 2.75) is 59.0 Å². The average molecular weight is 379 g/mol. The number of rotatable bonds is 6. The highest BCUT2D eigenvalue weighted by Crippen LogP contribution is 2.40. The highest BCUT2D eigenvalue weighted by atomic mass is 32.1. The van der Waals surface area contributed by atoms with Crippen LogP contribution in [0.25, 0.3) is 0 Å². The van der Waals surface area contributed by atoms with Crippen LogP contribution in [0.3, 0.4) is 0 Å². The number of hydrogen-bond acceptors (Lipinski definition) is 6. The number of anilines is 1. The van der Waals surface area contributed by atoms with Crippen LogP contribution in [-0.2, 0) is 31.9 Å². The molecule has 1 amide bonds. The van der Waals surface area contributed by atoms with Gasteiger partial charge < -0.3 is 14.8 Å². The molecule has 6 nitrogen and oxygen atoms in total. The largest absolute Gasteiger partial charge is 0.459 e. The average Bonchev–Trinajstić information content (AvgIpc) is 3.34. The number of carbonyl (C=O) groups is 3. The van der Waals surface area contributed by atoms with Crippen LogP contribution in [0.1, 0.15) is 60.8 Å². The molecule has 2 aliphatic carbocycles. The summed E-state index contributed by atoms with van der Waals surface area (Å²) in [4.78, 5) is 37.5. The second kappa shape index (κ2) is 7.78. The van der Waals surface area contributed by atoms with Gasteiger partial charge in [-0.1, -0.05) is 6.92 Å². The smallest absolute Gasteiger partial charge is 0.341 e. The summed E-state index contributed by atoms with van der Waals surface area (Å²) in [7, 11) is 0. The van der Waals surface area contributed by atoms with Gasteiger partial charge in [0.2, 0.25) is 0 Å². The standard InChI is InChI=1S/C19H25NO5S/c1-10(2)25-19(23)16-13-7-4-11(3)8-14(13)26-17(16)20-15(21)9-24-18(22)12-5-6-12/h10-12H,4-9H2,1-3H3,(H,20,21)/t11-/m1/s1. The molecule has 1 aromatic rings. The number of amides is 1. The summed E-state index contributed by atoms with van der Waals surface area (Å²) in [5.41, 5.74) is 1.46. The molecule has 0 saturated heterocycles. The molecule has 0 unspecified atom stereocenters. The Morgan fingerprint density at radius 2 is 1.96 bits per heavy atom. The fourth-order valence-corrected chi connectivity index (χ4v) is 4.48. The third kappa shape index (κ3) is 4.44. The van der Waals surface area contributed by atoms with E-state index < -0.39 is 11.9 Å². The first-order valence-corrected chi connectivity index (χ1v) is 9.98. The topological polar surface area (TPSA) is 81.7 Å². The maximum Gasteiger partial charge on any atom is 0.341 e. The second-order valence-electron chi connectivity index (χ2n) is 7.44. The molecule has 3 rings (SSSR count). The predicted octanol–water partition coefficient (Wildman–Crippen LogP) is 3.33. The van der Waals surface area contributed by atoms with Crippen molar-refractivity contribution in [2.24, 2.45) is 11.8 Å². The Kier molecular flexibility index (Phi) is 5.65. The van der Waals surface area contributed by atoms with Crippen LogP contribution in [0.4, 0.5) is 5.00 Å². The number of carbonyl (C=O) groups excluding carboxylic acids is 3. The zero-order valence-corrected chi connectivity index (χ0v) is 16.2. The zero-order chi connectivity index (χ0) is 18.8. The summed E-state index contributed by atoms with van der Waals surface area (Å²) in [6.45, 7) is 5.46. The lowest BCUT2D eigenvalue weighted by molar-refractivity contribution is -0.148. The third-order valence-electron chi connectivity index (χ3n) is 4.57. The van der Waals surface area contributed by atoms with Gasteiger partial charge in [-0.3, -0.25) is 9.59 Å². The van der Waals surface area contributed by atoms with E-state index in [9.17, 15) is 14.4 Å². The van der Waals surface area contributed by atoms with Gasteiger partial charge in [-0.05, 0) is 57.4 Å². The van der Waals surface area contributed by atoms with Crippen LogP contribution in [0.15, 0.2) is 0 Å². The van der Waals surface area contributed by atoms with Crippen molar-refractivity contribution in [3.63, 3.8) is 0 Å². The molecule has 0 spiro atoms. The van der Waals surface area contributed by atoms with E-state index in [0.29, 0.717) is 16.5 Å². The maximum atomic E-state index is 12.6. The van der Waals surface area contributed by atoms with Gasteiger partial charge in [0.1, 0.15) is 5.00 Å². The Balaban J connectivity index is 1.75. The van der Waals surface area contributed by atoms with Crippen molar-refractivity contribution in [1.82, 2.24) is 0 Å². The first-order valence-electron chi connectivity index (χ1n) is 9.17. The van der Waals surface area contributed by atoms with Crippen LogP contribution >= 0.6 is 11.3 Å². The van der Waals surface area contributed by atoms with E-state index in [4.69, 9.17) is 9.47 Å². The van der Waals surface area contributed by atoms with Crippen LogP contribution < -0.4 is 5.32 Å². The van der Waals surface area contributed by atoms with Crippen LogP contribution in [0, 0.1) is 11.8 Å². The fourth-order valence-electron chi connectivity index (χ4n) is 3.06. The van der Waals surface area contributed by atoms with Gasteiger partial charge in [-0.2, -0.15) is 0 Å². The zero-order valence-electron chi connectivity index (χ0n) is 15.4. The van der Waals surface area contributed by atoms with Crippen molar-refractivity contribution in [2.75, 3.05) is 11.9 Å². The number of nitrogens with one attached hydrogen (secondary N) is 1. The monoisotopic (exact) mass is 379 g/mol. The normalized spacial score (nSPS) is 19.0. The van der Waals surface area contributed by atoms with E-state index in [1.165, 1.54) is 11.3 Å². The van der Waals surface area contributed by atoms with Crippen molar-refractivity contribution in [3.8, 4) is 0 Å². The molecule has 142 valence electrons. The van der Waals surface area contributed by atoms with E-state index in [1.54, 1.807) is 13.8 Å². The number of hydrogen-bond donors (Lipinski definition) is 1. The lowest BCUT2D eigenvalue weighted by atomic mass is 9.88. The first kappa shape index (κ1) is 18.9. The van der Waals surface area contributed by atoms with E-state index in [-0.39, 0.29) is 24.6 Å². The van der Waals surface area contributed by atoms with Crippen LogP contribution in [-0.4, -0.2) is 30.6 Å². The molecule has 0 aromatic carbocycles. The number of thiophene rings is 1. The van der Waals surface area contributed by atoms with E-state index in [2.05, 4.69) is 12.2 Å². The molecule has 26 heavy (non-hydrogen) atoms. The SMILES string of the molecule is CC(C)OC(=O)c1c(NC(=O)COC(=O)C2CC2)sc2c1CC[C@@H](C)C2. The van der Waals surface area contributed by atoms with Crippen LogP contribution in [0.5, 0.6) is 0 Å². The van der Waals surface area contributed by atoms with Gasteiger partial charge in [0.15, 0.2) is 6.61 Å². The molecular formula is C19H25NO5S. The summed E-state index contributed by atoms with van der Waals surface area (Å²) in [5, 5.41) is 3.26. The van der Waals surface area contributed by atoms with Crippen molar-refractivity contribution >= 4 is 34.2 Å². The summed E-state index contributed by atoms with van der Waals surface area (Å²) >= 11 is 1.43. The summed E-state index contributed by atoms with van der Waals surface area (Å²) in [5.74, 6) is -0.645. The Hall–Kier alpha value is -1.89. The molecule has 0 radical (unpaired) electrons. The Bertz CT molecular complexity index is 720.